The van der Waals surface area contributed by atoms with Gasteiger partial charge in [-0.05, 0) is 18.4 Å². The minimum absolute atomic E-state index is 0.0293. The molecule has 8 heteroatoms. The Morgan fingerprint density at radius 1 is 1.35 bits per heavy atom. The van der Waals surface area contributed by atoms with Crippen LogP contribution < -0.4 is 14.8 Å². The molecule has 1 N–H and O–H groups in total. The van der Waals surface area contributed by atoms with Crippen molar-refractivity contribution < 1.29 is 23.8 Å². The molecule has 0 radical (unpaired) electrons. The van der Waals surface area contributed by atoms with E-state index >= 15 is 0 Å². The number of carbonyl (C=O) groups is 2. The number of hydrogen-bond acceptors (Lipinski definition) is 6. The van der Waals surface area contributed by atoms with Crippen molar-refractivity contribution >= 4 is 29.3 Å². The van der Waals surface area contributed by atoms with Gasteiger partial charge in [-0.1, -0.05) is 0 Å². The first-order chi connectivity index (χ1) is 11.2. The molecule has 2 aliphatic rings. The Morgan fingerprint density at radius 2 is 2.17 bits per heavy atom. The van der Waals surface area contributed by atoms with E-state index in [0.29, 0.717) is 36.1 Å². The largest absolute Gasteiger partial charge is 0.454 e. The fraction of sp³-hybridized carbons (Fsp3) is 0.467. The van der Waals surface area contributed by atoms with E-state index < -0.39 is 6.10 Å². The van der Waals surface area contributed by atoms with E-state index in [-0.39, 0.29) is 25.2 Å². The normalized spacial score (nSPS) is 19.5. The topological polar surface area (TPSA) is 77.1 Å². The van der Waals surface area contributed by atoms with Crippen LogP contribution in [0.1, 0.15) is 0 Å². The zero-order chi connectivity index (χ0) is 16.2. The summed E-state index contributed by atoms with van der Waals surface area (Å²) in [5.41, 5.74) is 0.607. The lowest BCUT2D eigenvalue weighted by molar-refractivity contribution is -0.142. The average Bonchev–Trinajstić information content (AvgIpc) is 3.03. The van der Waals surface area contributed by atoms with Gasteiger partial charge in [0.05, 0.1) is 18.9 Å². The number of thioether (sulfide) groups is 1. The predicted molar refractivity (Wildman–Crippen MR) is 85.9 cm³/mol. The molecular weight excluding hydrogens is 320 g/mol. The molecule has 0 saturated carbocycles. The van der Waals surface area contributed by atoms with Crippen molar-refractivity contribution in [1.82, 2.24) is 4.90 Å². The lowest BCUT2D eigenvalue weighted by Gasteiger charge is -2.32. The van der Waals surface area contributed by atoms with Crippen molar-refractivity contribution in [1.29, 1.82) is 0 Å². The lowest BCUT2D eigenvalue weighted by atomic mass is 10.2. The van der Waals surface area contributed by atoms with Gasteiger partial charge >= 0.3 is 0 Å². The van der Waals surface area contributed by atoms with E-state index in [1.807, 2.05) is 6.26 Å². The molecule has 3 rings (SSSR count). The van der Waals surface area contributed by atoms with Crippen molar-refractivity contribution in [2.75, 3.05) is 43.8 Å². The molecule has 0 aliphatic carbocycles. The fourth-order valence-electron chi connectivity index (χ4n) is 2.45. The van der Waals surface area contributed by atoms with Crippen molar-refractivity contribution in [2.45, 2.75) is 6.10 Å². The number of rotatable bonds is 4. The number of fused-ring (bicyclic) bond motifs is 1. The molecule has 23 heavy (non-hydrogen) atoms. The molecule has 1 aromatic rings. The van der Waals surface area contributed by atoms with Gasteiger partial charge in [0.2, 0.25) is 12.7 Å². The first kappa shape index (κ1) is 15.9. The number of benzene rings is 1. The first-order valence-electron chi connectivity index (χ1n) is 7.26. The number of anilines is 1. The SMILES string of the molecule is CSCC(=O)N1CCOC(C(=O)Nc2ccc3c(c2)OCO3)C1. The maximum atomic E-state index is 12.3. The van der Waals surface area contributed by atoms with Crippen LogP contribution in [-0.4, -0.2) is 61.3 Å². The summed E-state index contributed by atoms with van der Waals surface area (Å²) < 4.78 is 16.0. The molecule has 1 saturated heterocycles. The maximum Gasteiger partial charge on any atom is 0.255 e. The third kappa shape index (κ3) is 3.70. The Kier molecular flexibility index (Phi) is 4.92. The summed E-state index contributed by atoms with van der Waals surface area (Å²) in [5.74, 6) is 1.43. The monoisotopic (exact) mass is 338 g/mol. The summed E-state index contributed by atoms with van der Waals surface area (Å²) in [6.07, 6.45) is 1.21. The summed E-state index contributed by atoms with van der Waals surface area (Å²) in [7, 11) is 0. The van der Waals surface area contributed by atoms with Crippen molar-refractivity contribution in [2.24, 2.45) is 0 Å². The highest BCUT2D eigenvalue weighted by Crippen LogP contribution is 2.34. The van der Waals surface area contributed by atoms with Crippen molar-refractivity contribution in [3.8, 4) is 11.5 Å². The Balaban J connectivity index is 1.60. The highest BCUT2D eigenvalue weighted by molar-refractivity contribution is 7.99. The molecule has 0 bridgehead atoms. The third-order valence-corrected chi connectivity index (χ3v) is 4.16. The predicted octanol–water partition coefficient (Wildman–Crippen LogP) is 0.944. The Bertz CT molecular complexity index is 610. The first-order valence-corrected chi connectivity index (χ1v) is 8.65. The van der Waals surface area contributed by atoms with E-state index in [0.717, 1.165) is 0 Å². The number of amides is 2. The molecule has 2 heterocycles. The summed E-state index contributed by atoms with van der Waals surface area (Å²) in [6.45, 7) is 1.34. The van der Waals surface area contributed by atoms with Gasteiger partial charge in [0.25, 0.3) is 5.91 Å². The van der Waals surface area contributed by atoms with Crippen molar-refractivity contribution in [3.05, 3.63) is 18.2 Å². The van der Waals surface area contributed by atoms with Crippen molar-refractivity contribution in [3.63, 3.8) is 0 Å². The Morgan fingerprint density at radius 3 is 3.00 bits per heavy atom. The molecule has 0 spiro atoms. The van der Waals surface area contributed by atoms with Gasteiger partial charge in [-0.25, -0.2) is 0 Å². The van der Waals surface area contributed by atoms with E-state index in [9.17, 15) is 9.59 Å². The van der Waals surface area contributed by atoms with Crippen LogP contribution in [0.2, 0.25) is 0 Å². The van der Waals surface area contributed by atoms with Gasteiger partial charge in [0.1, 0.15) is 0 Å². The second-order valence-electron chi connectivity index (χ2n) is 5.19. The van der Waals surface area contributed by atoms with Crippen LogP contribution in [0.15, 0.2) is 18.2 Å². The molecular formula is C15H18N2O5S. The van der Waals surface area contributed by atoms with Gasteiger partial charge in [0.15, 0.2) is 17.6 Å². The highest BCUT2D eigenvalue weighted by atomic mass is 32.2. The molecule has 2 aliphatic heterocycles. The molecule has 1 aromatic carbocycles. The average molecular weight is 338 g/mol. The number of hydrogen-bond donors (Lipinski definition) is 1. The number of nitrogens with zero attached hydrogens (tertiary/aromatic N) is 1. The van der Waals surface area contributed by atoms with Gasteiger partial charge < -0.3 is 24.4 Å². The Labute approximate surface area is 138 Å². The standard InChI is InChI=1S/C15H18N2O5S/c1-23-8-14(18)17-4-5-20-13(7-17)15(19)16-10-2-3-11-12(6-10)22-9-21-11/h2-3,6,13H,4-5,7-9H2,1H3,(H,16,19). The number of nitrogens with one attached hydrogen (secondary N) is 1. The molecule has 1 fully saturated rings. The summed E-state index contributed by atoms with van der Waals surface area (Å²) in [4.78, 5) is 26.0. The van der Waals surface area contributed by atoms with Crippen LogP contribution in [0.4, 0.5) is 5.69 Å². The maximum absolute atomic E-state index is 12.3. The van der Waals surface area contributed by atoms with E-state index in [1.54, 1.807) is 23.1 Å². The quantitative estimate of drug-likeness (QED) is 0.881. The number of ether oxygens (including phenoxy) is 3. The highest BCUT2D eigenvalue weighted by Gasteiger charge is 2.29. The minimum atomic E-state index is -0.667. The summed E-state index contributed by atoms with van der Waals surface area (Å²) in [6, 6.07) is 5.19. The summed E-state index contributed by atoms with van der Waals surface area (Å²) in [5, 5.41) is 2.79. The molecule has 1 unspecified atom stereocenters. The van der Waals surface area contributed by atoms with Crippen LogP contribution in [0.25, 0.3) is 0 Å². The Hall–Kier alpha value is -1.93. The molecule has 7 nitrogen and oxygen atoms in total. The van der Waals surface area contributed by atoms with E-state index in [1.165, 1.54) is 11.8 Å². The van der Waals surface area contributed by atoms with Crippen LogP contribution in [0.5, 0.6) is 11.5 Å². The van der Waals surface area contributed by atoms with Gasteiger partial charge in [0, 0.05) is 18.3 Å². The van der Waals surface area contributed by atoms with Crippen LogP contribution in [-0.2, 0) is 14.3 Å². The van der Waals surface area contributed by atoms with Crippen LogP contribution >= 0.6 is 11.8 Å². The lowest BCUT2D eigenvalue weighted by Crippen LogP contribution is -2.50. The number of carbonyl (C=O) groups excluding carboxylic acids is 2. The van der Waals surface area contributed by atoms with E-state index in [4.69, 9.17) is 14.2 Å². The number of morpholine rings is 1. The molecule has 0 aromatic heterocycles. The summed E-state index contributed by atoms with van der Waals surface area (Å²) >= 11 is 1.47. The molecule has 2 amide bonds. The van der Waals surface area contributed by atoms with Crippen LogP contribution in [0, 0.1) is 0 Å². The second kappa shape index (κ2) is 7.10. The van der Waals surface area contributed by atoms with E-state index in [2.05, 4.69) is 5.32 Å². The second-order valence-corrected chi connectivity index (χ2v) is 6.06. The smallest absolute Gasteiger partial charge is 0.255 e. The zero-order valence-electron chi connectivity index (χ0n) is 12.7. The zero-order valence-corrected chi connectivity index (χ0v) is 13.6. The van der Waals surface area contributed by atoms with Crippen LogP contribution in [0.3, 0.4) is 0 Å². The fourth-order valence-corrected chi connectivity index (χ4v) is 2.88. The van der Waals surface area contributed by atoms with Gasteiger partial charge in [-0.15, -0.1) is 0 Å². The molecule has 124 valence electrons. The van der Waals surface area contributed by atoms with Gasteiger partial charge in [-0.2, -0.15) is 11.8 Å². The third-order valence-electron chi connectivity index (χ3n) is 3.62. The van der Waals surface area contributed by atoms with Gasteiger partial charge in [-0.3, -0.25) is 9.59 Å². The minimum Gasteiger partial charge on any atom is -0.454 e. The molecule has 1 atom stereocenters.